The first kappa shape index (κ1) is 13.3. The van der Waals surface area contributed by atoms with E-state index in [1.807, 2.05) is 24.3 Å². The number of carbonyl (C=O) groups is 2. The normalized spacial score (nSPS) is 24.2. The Morgan fingerprint density at radius 2 is 1.72 bits per heavy atom. The van der Waals surface area contributed by atoms with Crippen molar-refractivity contribution in [2.24, 2.45) is 0 Å². The number of nitrogens with one attached hydrogen (secondary N) is 1. The SMILES string of the molecule is CC(C)(C)c1ccccc1C1C(=O)NC(=O)C1Br. The van der Waals surface area contributed by atoms with Crippen LogP contribution in [0.25, 0.3) is 0 Å². The van der Waals surface area contributed by atoms with Crippen LogP contribution in [0.4, 0.5) is 0 Å². The van der Waals surface area contributed by atoms with Crippen LogP contribution < -0.4 is 5.32 Å². The molecular weight excluding hydrogens is 294 g/mol. The van der Waals surface area contributed by atoms with Gasteiger partial charge in [0.1, 0.15) is 4.83 Å². The highest BCUT2D eigenvalue weighted by molar-refractivity contribution is 9.10. The van der Waals surface area contributed by atoms with E-state index in [0.29, 0.717) is 0 Å². The molecule has 1 aromatic rings. The van der Waals surface area contributed by atoms with E-state index in [0.717, 1.165) is 11.1 Å². The summed E-state index contributed by atoms with van der Waals surface area (Å²) < 4.78 is 0. The molecule has 2 amide bonds. The molecule has 18 heavy (non-hydrogen) atoms. The van der Waals surface area contributed by atoms with Crippen molar-refractivity contribution in [2.75, 3.05) is 0 Å². The summed E-state index contributed by atoms with van der Waals surface area (Å²) in [5.74, 6) is -0.916. The quantitative estimate of drug-likeness (QED) is 0.640. The van der Waals surface area contributed by atoms with Gasteiger partial charge >= 0.3 is 0 Å². The van der Waals surface area contributed by atoms with E-state index >= 15 is 0 Å². The van der Waals surface area contributed by atoms with Crippen LogP contribution in [0.3, 0.4) is 0 Å². The highest BCUT2D eigenvalue weighted by Gasteiger charge is 2.42. The van der Waals surface area contributed by atoms with Crippen molar-refractivity contribution < 1.29 is 9.59 Å². The molecule has 96 valence electrons. The van der Waals surface area contributed by atoms with Gasteiger partial charge in [-0.3, -0.25) is 14.9 Å². The zero-order chi connectivity index (χ0) is 13.5. The van der Waals surface area contributed by atoms with Crippen LogP contribution in [-0.4, -0.2) is 16.6 Å². The molecule has 3 nitrogen and oxygen atoms in total. The Morgan fingerprint density at radius 3 is 2.22 bits per heavy atom. The van der Waals surface area contributed by atoms with Crippen LogP contribution in [0.5, 0.6) is 0 Å². The van der Waals surface area contributed by atoms with E-state index < -0.39 is 10.7 Å². The van der Waals surface area contributed by atoms with Gasteiger partial charge in [0.2, 0.25) is 11.8 Å². The molecule has 0 radical (unpaired) electrons. The number of hydrogen-bond acceptors (Lipinski definition) is 2. The summed E-state index contributed by atoms with van der Waals surface area (Å²) in [7, 11) is 0. The van der Waals surface area contributed by atoms with Gasteiger partial charge in [-0.25, -0.2) is 0 Å². The molecule has 1 saturated heterocycles. The summed E-state index contributed by atoms with van der Waals surface area (Å²) >= 11 is 3.32. The molecule has 1 aromatic carbocycles. The lowest BCUT2D eigenvalue weighted by Gasteiger charge is -2.25. The maximum Gasteiger partial charge on any atom is 0.241 e. The first-order valence-electron chi connectivity index (χ1n) is 5.90. The number of rotatable bonds is 1. The molecule has 4 heteroatoms. The van der Waals surface area contributed by atoms with Gasteiger partial charge in [0.15, 0.2) is 0 Å². The second kappa shape index (κ2) is 4.50. The summed E-state index contributed by atoms with van der Waals surface area (Å²) in [6.07, 6.45) is 0. The van der Waals surface area contributed by atoms with Crippen LogP contribution in [0.2, 0.25) is 0 Å². The average Bonchev–Trinajstić information content (AvgIpc) is 2.52. The van der Waals surface area contributed by atoms with Gasteiger partial charge in [-0.15, -0.1) is 0 Å². The third-order valence-corrected chi connectivity index (χ3v) is 4.12. The molecule has 0 aliphatic carbocycles. The van der Waals surface area contributed by atoms with Crippen molar-refractivity contribution in [3.05, 3.63) is 35.4 Å². The highest BCUT2D eigenvalue weighted by Crippen LogP contribution is 2.36. The van der Waals surface area contributed by atoms with Gasteiger partial charge in [-0.05, 0) is 16.5 Å². The molecule has 1 heterocycles. The summed E-state index contributed by atoms with van der Waals surface area (Å²) in [5.41, 5.74) is 1.97. The van der Waals surface area contributed by atoms with Gasteiger partial charge in [-0.1, -0.05) is 61.0 Å². The second-order valence-electron chi connectivity index (χ2n) is 5.57. The lowest BCUT2D eigenvalue weighted by atomic mass is 9.79. The fourth-order valence-corrected chi connectivity index (χ4v) is 2.94. The molecule has 2 unspecified atom stereocenters. The predicted molar refractivity (Wildman–Crippen MR) is 73.7 cm³/mol. The zero-order valence-corrected chi connectivity index (χ0v) is 12.2. The lowest BCUT2D eigenvalue weighted by molar-refractivity contribution is -0.125. The monoisotopic (exact) mass is 309 g/mol. The molecule has 1 fully saturated rings. The van der Waals surface area contributed by atoms with E-state index in [2.05, 4.69) is 42.0 Å². The Hall–Kier alpha value is -1.16. The van der Waals surface area contributed by atoms with Gasteiger partial charge in [-0.2, -0.15) is 0 Å². The minimum absolute atomic E-state index is 0.0603. The van der Waals surface area contributed by atoms with Crippen LogP contribution in [0.15, 0.2) is 24.3 Å². The topological polar surface area (TPSA) is 46.2 Å². The van der Waals surface area contributed by atoms with Gasteiger partial charge in [0, 0.05) is 0 Å². The van der Waals surface area contributed by atoms with Crippen molar-refractivity contribution in [2.45, 2.75) is 36.9 Å². The number of halogens is 1. The summed E-state index contributed by atoms with van der Waals surface area (Å²) in [4.78, 5) is 23.0. The van der Waals surface area contributed by atoms with Crippen LogP contribution in [-0.2, 0) is 15.0 Å². The molecule has 0 aromatic heterocycles. The minimum atomic E-state index is -0.478. The van der Waals surface area contributed by atoms with E-state index in [9.17, 15) is 9.59 Å². The van der Waals surface area contributed by atoms with Gasteiger partial charge in [0.25, 0.3) is 0 Å². The Bertz CT molecular complexity index is 505. The third-order valence-electron chi connectivity index (χ3n) is 3.18. The Morgan fingerprint density at radius 1 is 1.11 bits per heavy atom. The Kier molecular flexibility index (Phi) is 3.32. The maximum absolute atomic E-state index is 11.9. The molecule has 0 bridgehead atoms. The molecular formula is C14H16BrNO2. The van der Waals surface area contributed by atoms with E-state index in [1.165, 1.54) is 0 Å². The highest BCUT2D eigenvalue weighted by atomic mass is 79.9. The van der Waals surface area contributed by atoms with Crippen molar-refractivity contribution in [3.63, 3.8) is 0 Å². The van der Waals surface area contributed by atoms with Crippen LogP contribution >= 0.6 is 15.9 Å². The largest absolute Gasteiger partial charge is 0.295 e. The summed E-state index contributed by atoms with van der Waals surface area (Å²) in [6, 6.07) is 7.81. The molecule has 2 atom stereocenters. The number of amides is 2. The lowest BCUT2D eigenvalue weighted by Crippen LogP contribution is -2.23. The number of imide groups is 1. The number of benzene rings is 1. The zero-order valence-electron chi connectivity index (χ0n) is 10.7. The van der Waals surface area contributed by atoms with E-state index in [1.54, 1.807) is 0 Å². The average molecular weight is 310 g/mol. The van der Waals surface area contributed by atoms with E-state index in [4.69, 9.17) is 0 Å². The van der Waals surface area contributed by atoms with Crippen LogP contribution in [0, 0.1) is 0 Å². The second-order valence-corrected chi connectivity index (χ2v) is 6.56. The Labute approximate surface area is 115 Å². The fourth-order valence-electron chi connectivity index (χ4n) is 2.30. The maximum atomic E-state index is 11.9. The predicted octanol–water partition coefficient (Wildman–Crippen LogP) is 2.49. The fraction of sp³-hybridized carbons (Fsp3) is 0.429. The first-order chi connectivity index (χ1) is 8.32. The standard InChI is InChI=1S/C14H16BrNO2/c1-14(2,3)9-7-5-4-6-8(9)10-11(15)13(18)16-12(10)17/h4-7,10-11H,1-3H3,(H,16,17,18). The number of hydrogen-bond donors (Lipinski definition) is 1. The molecule has 0 saturated carbocycles. The molecule has 0 spiro atoms. The third kappa shape index (κ3) is 2.21. The molecule has 1 aliphatic rings. The Balaban J connectivity index is 2.52. The van der Waals surface area contributed by atoms with Gasteiger partial charge < -0.3 is 0 Å². The van der Waals surface area contributed by atoms with Crippen molar-refractivity contribution >= 4 is 27.7 Å². The molecule has 2 rings (SSSR count). The number of carbonyl (C=O) groups excluding carboxylic acids is 2. The minimum Gasteiger partial charge on any atom is -0.295 e. The van der Waals surface area contributed by atoms with E-state index in [-0.39, 0.29) is 17.2 Å². The molecule has 1 N–H and O–H groups in total. The van der Waals surface area contributed by atoms with Crippen molar-refractivity contribution in [1.29, 1.82) is 0 Å². The number of alkyl halides is 1. The molecule has 1 aliphatic heterocycles. The first-order valence-corrected chi connectivity index (χ1v) is 6.82. The van der Waals surface area contributed by atoms with Gasteiger partial charge in [0.05, 0.1) is 5.92 Å². The summed E-state index contributed by atoms with van der Waals surface area (Å²) in [6.45, 7) is 6.30. The van der Waals surface area contributed by atoms with Crippen LogP contribution in [0.1, 0.15) is 37.8 Å². The smallest absolute Gasteiger partial charge is 0.241 e. The van der Waals surface area contributed by atoms with Crippen molar-refractivity contribution in [1.82, 2.24) is 5.32 Å². The van der Waals surface area contributed by atoms with Crippen molar-refractivity contribution in [3.8, 4) is 0 Å². The summed E-state index contributed by atoms with van der Waals surface area (Å²) in [5, 5.41) is 2.37.